The molecule has 24 heavy (non-hydrogen) atoms. The molecule has 0 bridgehead atoms. The Labute approximate surface area is 152 Å². The molecule has 2 aromatic rings. The van der Waals surface area contributed by atoms with Gasteiger partial charge in [0, 0.05) is 24.1 Å². The Morgan fingerprint density at radius 2 is 2.21 bits per heavy atom. The number of nitrogens with two attached hydrogens (primary N) is 1. The summed E-state index contributed by atoms with van der Waals surface area (Å²) >= 11 is 1.61. The van der Waals surface area contributed by atoms with Crippen molar-refractivity contribution in [3.63, 3.8) is 0 Å². The Kier molecular flexibility index (Phi) is 5.25. The number of benzene rings is 1. The van der Waals surface area contributed by atoms with Crippen LogP contribution in [0.3, 0.4) is 0 Å². The molecule has 1 saturated carbocycles. The number of hydrogen-bond acceptors (Lipinski definition) is 5. The molecule has 7 heteroatoms. The molecular weight excluding hydrogens is 346 g/mol. The molecular formula is C17H24ClN3O2S. The van der Waals surface area contributed by atoms with Crippen LogP contribution in [-0.2, 0) is 9.53 Å². The predicted octanol–water partition coefficient (Wildman–Crippen LogP) is 3.50. The Hall–Kier alpha value is -1.21. The molecule has 0 saturated heterocycles. The Morgan fingerprint density at radius 3 is 2.83 bits per heavy atom. The number of rotatable bonds is 4. The van der Waals surface area contributed by atoms with E-state index < -0.39 is 11.0 Å². The first-order chi connectivity index (χ1) is 10.8. The van der Waals surface area contributed by atoms with Gasteiger partial charge in [-0.2, -0.15) is 0 Å². The highest BCUT2D eigenvalue weighted by molar-refractivity contribution is 7.18. The summed E-state index contributed by atoms with van der Waals surface area (Å²) in [6.07, 6.45) is 0.566. The van der Waals surface area contributed by atoms with Gasteiger partial charge in [0.15, 0.2) is 0 Å². The lowest BCUT2D eigenvalue weighted by Gasteiger charge is -2.57. The average molecular weight is 370 g/mol. The molecule has 1 aromatic carbocycles. The standard InChI is InChI=1S/C17H23N3O2S.ClH/c1-5-22-14-9-17(18,16(14,3)4)15(21)20-11-6-7-12-13(8-11)23-10(2)19-12;/h6-8,14H,5,9,18H2,1-4H3,(H,20,21);1H. The molecule has 132 valence electrons. The van der Waals surface area contributed by atoms with Crippen molar-refractivity contribution in [1.82, 2.24) is 4.98 Å². The second-order valence-corrected chi connectivity index (χ2v) is 7.95. The Balaban J connectivity index is 0.00000208. The number of ether oxygens (including phenoxy) is 1. The molecule has 1 heterocycles. The number of amides is 1. The molecule has 0 radical (unpaired) electrons. The highest BCUT2D eigenvalue weighted by Crippen LogP contribution is 2.50. The zero-order valence-corrected chi connectivity index (χ0v) is 16.0. The van der Waals surface area contributed by atoms with Crippen molar-refractivity contribution in [2.45, 2.75) is 45.8 Å². The van der Waals surface area contributed by atoms with E-state index in [-0.39, 0.29) is 24.4 Å². The zero-order valence-electron chi connectivity index (χ0n) is 14.4. The number of halogens is 1. The van der Waals surface area contributed by atoms with Crippen LogP contribution in [0.5, 0.6) is 0 Å². The second kappa shape index (κ2) is 6.59. The number of thiazole rings is 1. The number of aryl methyl sites for hydroxylation is 1. The maximum absolute atomic E-state index is 12.7. The van der Waals surface area contributed by atoms with E-state index >= 15 is 0 Å². The molecule has 2 unspecified atom stereocenters. The van der Waals surface area contributed by atoms with Gasteiger partial charge >= 0.3 is 0 Å². The van der Waals surface area contributed by atoms with Crippen LogP contribution in [0.1, 0.15) is 32.2 Å². The minimum Gasteiger partial charge on any atom is -0.378 e. The monoisotopic (exact) mass is 369 g/mol. The number of anilines is 1. The van der Waals surface area contributed by atoms with Crippen LogP contribution in [-0.4, -0.2) is 29.1 Å². The highest BCUT2D eigenvalue weighted by atomic mass is 35.5. The van der Waals surface area contributed by atoms with Crippen molar-refractivity contribution in [3.05, 3.63) is 23.2 Å². The van der Waals surface area contributed by atoms with E-state index in [0.29, 0.717) is 13.0 Å². The summed E-state index contributed by atoms with van der Waals surface area (Å²) in [6.45, 7) is 8.55. The Morgan fingerprint density at radius 1 is 1.50 bits per heavy atom. The number of hydrogen-bond donors (Lipinski definition) is 2. The third-order valence-corrected chi connectivity index (χ3v) is 5.92. The molecule has 1 aliphatic rings. The van der Waals surface area contributed by atoms with Gasteiger partial charge in [0.25, 0.3) is 0 Å². The van der Waals surface area contributed by atoms with Crippen molar-refractivity contribution in [3.8, 4) is 0 Å². The van der Waals surface area contributed by atoms with Crippen molar-refractivity contribution < 1.29 is 9.53 Å². The van der Waals surface area contributed by atoms with Crippen LogP contribution < -0.4 is 11.1 Å². The summed E-state index contributed by atoms with van der Waals surface area (Å²) in [5, 5.41) is 3.98. The predicted molar refractivity (Wildman–Crippen MR) is 101 cm³/mol. The summed E-state index contributed by atoms with van der Waals surface area (Å²) in [5.74, 6) is -0.154. The lowest BCUT2D eigenvalue weighted by atomic mass is 9.54. The smallest absolute Gasteiger partial charge is 0.245 e. The van der Waals surface area contributed by atoms with Gasteiger partial charge < -0.3 is 15.8 Å². The van der Waals surface area contributed by atoms with Crippen LogP contribution in [0, 0.1) is 12.3 Å². The zero-order chi connectivity index (χ0) is 16.8. The molecule has 3 rings (SSSR count). The number of carbonyl (C=O) groups is 1. The first-order valence-corrected chi connectivity index (χ1v) is 8.68. The largest absolute Gasteiger partial charge is 0.378 e. The molecule has 1 aliphatic carbocycles. The van der Waals surface area contributed by atoms with Crippen LogP contribution >= 0.6 is 23.7 Å². The summed E-state index contributed by atoms with van der Waals surface area (Å²) < 4.78 is 6.74. The first-order valence-electron chi connectivity index (χ1n) is 7.87. The topological polar surface area (TPSA) is 77.2 Å². The van der Waals surface area contributed by atoms with E-state index in [2.05, 4.69) is 10.3 Å². The summed E-state index contributed by atoms with van der Waals surface area (Å²) in [6, 6.07) is 5.74. The number of fused-ring (bicyclic) bond motifs is 1. The fraction of sp³-hybridized carbons (Fsp3) is 0.529. The first kappa shape index (κ1) is 19.1. The summed E-state index contributed by atoms with van der Waals surface area (Å²) in [4.78, 5) is 17.1. The van der Waals surface area contributed by atoms with E-state index in [4.69, 9.17) is 10.5 Å². The van der Waals surface area contributed by atoms with Crippen LogP contribution in [0.25, 0.3) is 10.2 Å². The van der Waals surface area contributed by atoms with E-state index in [9.17, 15) is 4.79 Å². The number of nitrogens with zero attached hydrogens (tertiary/aromatic N) is 1. The third-order valence-electron chi connectivity index (χ3n) is 4.99. The van der Waals surface area contributed by atoms with E-state index in [1.165, 1.54) is 0 Å². The van der Waals surface area contributed by atoms with Crippen LogP contribution in [0.4, 0.5) is 5.69 Å². The molecule has 1 fully saturated rings. The fourth-order valence-corrected chi connectivity index (χ4v) is 4.05. The average Bonchev–Trinajstić information content (AvgIpc) is 2.86. The van der Waals surface area contributed by atoms with Crippen molar-refractivity contribution in [1.29, 1.82) is 0 Å². The molecule has 0 spiro atoms. The van der Waals surface area contributed by atoms with Crippen LogP contribution in [0.15, 0.2) is 18.2 Å². The van der Waals surface area contributed by atoms with E-state index in [1.807, 2.05) is 45.9 Å². The van der Waals surface area contributed by atoms with Gasteiger partial charge in [0.2, 0.25) is 5.91 Å². The SMILES string of the molecule is CCOC1CC(N)(C(=O)Nc2ccc3nc(C)sc3c2)C1(C)C.Cl. The van der Waals surface area contributed by atoms with Gasteiger partial charge in [-0.3, -0.25) is 4.79 Å². The van der Waals surface area contributed by atoms with Gasteiger partial charge in [-0.25, -0.2) is 4.98 Å². The van der Waals surface area contributed by atoms with Gasteiger partial charge in [0.05, 0.1) is 21.3 Å². The molecule has 5 nitrogen and oxygen atoms in total. The van der Waals surface area contributed by atoms with Gasteiger partial charge in [-0.1, -0.05) is 13.8 Å². The number of carbonyl (C=O) groups excluding carboxylic acids is 1. The fourth-order valence-electron chi connectivity index (χ4n) is 3.18. The van der Waals surface area contributed by atoms with Gasteiger partial charge in [-0.15, -0.1) is 23.7 Å². The minimum atomic E-state index is -0.911. The lowest BCUT2D eigenvalue weighted by molar-refractivity contribution is -0.166. The lowest BCUT2D eigenvalue weighted by Crippen LogP contribution is -2.74. The normalized spacial score (nSPS) is 25.0. The maximum atomic E-state index is 12.7. The Bertz CT molecular complexity index is 761. The van der Waals surface area contributed by atoms with Crippen molar-refractivity contribution >= 4 is 45.6 Å². The number of nitrogens with one attached hydrogen (secondary N) is 1. The highest BCUT2D eigenvalue weighted by Gasteiger charge is 2.62. The van der Waals surface area contributed by atoms with Crippen molar-refractivity contribution in [2.75, 3.05) is 11.9 Å². The second-order valence-electron chi connectivity index (χ2n) is 6.71. The summed E-state index contributed by atoms with van der Waals surface area (Å²) in [7, 11) is 0. The quantitative estimate of drug-likeness (QED) is 0.864. The van der Waals surface area contributed by atoms with Gasteiger partial charge in [-0.05, 0) is 32.0 Å². The number of aromatic nitrogens is 1. The maximum Gasteiger partial charge on any atom is 0.245 e. The van der Waals surface area contributed by atoms with E-state index in [1.54, 1.807) is 11.3 Å². The molecule has 2 atom stereocenters. The molecule has 0 aliphatic heterocycles. The van der Waals surface area contributed by atoms with Crippen molar-refractivity contribution in [2.24, 2.45) is 11.1 Å². The third kappa shape index (κ3) is 2.92. The van der Waals surface area contributed by atoms with Crippen LogP contribution in [0.2, 0.25) is 0 Å². The molecule has 1 aromatic heterocycles. The van der Waals surface area contributed by atoms with Gasteiger partial charge in [0.1, 0.15) is 5.54 Å². The minimum absolute atomic E-state index is 0. The summed E-state index contributed by atoms with van der Waals surface area (Å²) in [5.41, 5.74) is 6.81. The molecule has 1 amide bonds. The molecule has 3 N–H and O–H groups in total. The van der Waals surface area contributed by atoms with E-state index in [0.717, 1.165) is 20.9 Å².